The summed E-state index contributed by atoms with van der Waals surface area (Å²) in [6.45, 7) is 7.00. The Morgan fingerprint density at radius 1 is 1.56 bits per heavy atom. The number of halogens is 1. The maximum Gasteiger partial charge on any atom is 0.255 e. The predicted molar refractivity (Wildman–Crippen MR) is 77.1 cm³/mol. The molecule has 0 radical (unpaired) electrons. The van der Waals surface area contributed by atoms with Crippen molar-refractivity contribution < 1.29 is 9.53 Å². The van der Waals surface area contributed by atoms with Crippen LogP contribution in [0.25, 0.3) is 0 Å². The molecule has 0 aliphatic heterocycles. The first-order valence-corrected chi connectivity index (χ1v) is 6.67. The molecule has 98 valence electrons. The van der Waals surface area contributed by atoms with Gasteiger partial charge in [0.1, 0.15) is 5.75 Å². The van der Waals surface area contributed by atoms with Gasteiger partial charge >= 0.3 is 0 Å². The summed E-state index contributed by atoms with van der Waals surface area (Å²) in [6.07, 6.45) is 2.66. The fourth-order valence-corrected chi connectivity index (χ4v) is 2.08. The normalized spacial score (nSPS) is 9.94. The van der Waals surface area contributed by atoms with Crippen molar-refractivity contribution in [1.82, 2.24) is 4.90 Å². The van der Waals surface area contributed by atoms with Gasteiger partial charge in [0.15, 0.2) is 0 Å². The Kier molecular flexibility index (Phi) is 5.92. The summed E-state index contributed by atoms with van der Waals surface area (Å²) in [5, 5.41) is 0. The lowest BCUT2D eigenvalue weighted by Crippen LogP contribution is -2.32. The average molecular weight is 312 g/mol. The Balaban J connectivity index is 3.02. The lowest BCUT2D eigenvalue weighted by atomic mass is 10.2. The van der Waals surface area contributed by atoms with E-state index in [1.54, 1.807) is 24.2 Å². The van der Waals surface area contributed by atoms with Crippen LogP contribution in [0.1, 0.15) is 23.7 Å². The number of rotatable bonds is 6. The zero-order chi connectivity index (χ0) is 13.5. The smallest absolute Gasteiger partial charge is 0.255 e. The summed E-state index contributed by atoms with van der Waals surface area (Å²) in [6, 6.07) is 5.39. The zero-order valence-electron chi connectivity index (χ0n) is 10.8. The maximum atomic E-state index is 12.4. The summed E-state index contributed by atoms with van der Waals surface area (Å²) in [5.41, 5.74) is 0.615. The van der Waals surface area contributed by atoms with Crippen LogP contribution in [0.5, 0.6) is 5.75 Å². The molecule has 3 nitrogen and oxygen atoms in total. The first-order valence-electron chi connectivity index (χ1n) is 5.87. The van der Waals surface area contributed by atoms with Crippen molar-refractivity contribution in [1.29, 1.82) is 0 Å². The van der Waals surface area contributed by atoms with Gasteiger partial charge in [0.2, 0.25) is 0 Å². The number of carbonyl (C=O) groups is 1. The maximum absolute atomic E-state index is 12.4. The van der Waals surface area contributed by atoms with Gasteiger partial charge < -0.3 is 9.64 Å². The lowest BCUT2D eigenvalue weighted by Gasteiger charge is -2.21. The van der Waals surface area contributed by atoms with Crippen molar-refractivity contribution in [3.8, 4) is 5.75 Å². The highest BCUT2D eigenvalue weighted by atomic mass is 79.9. The van der Waals surface area contributed by atoms with Crippen LogP contribution in [-0.4, -0.2) is 31.0 Å². The van der Waals surface area contributed by atoms with E-state index in [0.717, 1.165) is 10.9 Å². The number of benzene rings is 1. The summed E-state index contributed by atoms with van der Waals surface area (Å²) in [4.78, 5) is 14.2. The zero-order valence-corrected chi connectivity index (χ0v) is 12.4. The molecule has 0 spiro atoms. The summed E-state index contributed by atoms with van der Waals surface area (Å²) in [7, 11) is 1.59. The third-order valence-electron chi connectivity index (χ3n) is 2.53. The molecule has 0 aliphatic rings. The van der Waals surface area contributed by atoms with Gasteiger partial charge in [0.05, 0.1) is 12.7 Å². The topological polar surface area (TPSA) is 29.5 Å². The van der Waals surface area contributed by atoms with Crippen LogP contribution in [0.15, 0.2) is 35.3 Å². The van der Waals surface area contributed by atoms with Crippen molar-refractivity contribution in [2.45, 2.75) is 13.3 Å². The molecule has 1 aromatic rings. The molecule has 1 amide bonds. The second-order valence-electron chi connectivity index (χ2n) is 3.89. The Hall–Kier alpha value is -1.29. The van der Waals surface area contributed by atoms with E-state index in [2.05, 4.69) is 22.5 Å². The van der Waals surface area contributed by atoms with Gasteiger partial charge in [-0.05, 0) is 40.5 Å². The fourth-order valence-electron chi connectivity index (χ4n) is 1.67. The van der Waals surface area contributed by atoms with Crippen LogP contribution in [0.2, 0.25) is 0 Å². The van der Waals surface area contributed by atoms with Gasteiger partial charge in [-0.15, -0.1) is 6.58 Å². The number of hydrogen-bond donors (Lipinski definition) is 0. The quantitative estimate of drug-likeness (QED) is 0.753. The third kappa shape index (κ3) is 3.60. The molecule has 0 saturated heterocycles. The molecule has 0 aliphatic carbocycles. The lowest BCUT2D eigenvalue weighted by molar-refractivity contribution is 0.0772. The van der Waals surface area contributed by atoms with Crippen LogP contribution < -0.4 is 4.74 Å². The highest BCUT2D eigenvalue weighted by Crippen LogP contribution is 2.23. The molecule has 0 bridgehead atoms. The number of methoxy groups -OCH3 is 1. The summed E-state index contributed by atoms with van der Waals surface area (Å²) >= 11 is 3.40. The van der Waals surface area contributed by atoms with E-state index < -0.39 is 0 Å². The first-order chi connectivity index (χ1) is 8.63. The Morgan fingerprint density at radius 2 is 2.28 bits per heavy atom. The number of amides is 1. The number of hydrogen-bond acceptors (Lipinski definition) is 2. The van der Waals surface area contributed by atoms with Gasteiger partial charge in [-0.25, -0.2) is 0 Å². The van der Waals surface area contributed by atoms with Crippen molar-refractivity contribution >= 4 is 21.8 Å². The molecular weight excluding hydrogens is 294 g/mol. The average Bonchev–Trinajstić information content (AvgIpc) is 2.38. The van der Waals surface area contributed by atoms with Crippen LogP contribution in [0, 0.1) is 0 Å². The Labute approximate surface area is 117 Å². The second kappa shape index (κ2) is 7.21. The standard InChI is InChI=1S/C14H18BrNO2/c1-4-8-16(9-5-2)14(17)12-10-11(18-3)6-7-13(12)15/h4,6-7,10H,1,5,8-9H2,2-3H3. The molecule has 0 saturated carbocycles. The Bertz CT molecular complexity index is 432. The van der Waals surface area contributed by atoms with Gasteiger partial charge in [-0.3, -0.25) is 4.79 Å². The molecular formula is C14H18BrNO2. The SMILES string of the molecule is C=CCN(CCC)C(=O)c1cc(OC)ccc1Br. The van der Waals surface area contributed by atoms with Crippen LogP contribution in [-0.2, 0) is 0 Å². The van der Waals surface area contributed by atoms with E-state index in [1.165, 1.54) is 0 Å². The van der Waals surface area contributed by atoms with Gasteiger partial charge in [0.25, 0.3) is 5.91 Å². The van der Waals surface area contributed by atoms with Gasteiger partial charge in [0, 0.05) is 17.6 Å². The summed E-state index contributed by atoms with van der Waals surface area (Å²) < 4.78 is 5.92. The number of carbonyl (C=O) groups excluding carboxylic acids is 1. The molecule has 18 heavy (non-hydrogen) atoms. The Morgan fingerprint density at radius 3 is 2.83 bits per heavy atom. The van der Waals surface area contributed by atoms with Crippen molar-refractivity contribution in [3.63, 3.8) is 0 Å². The van der Waals surface area contributed by atoms with Crippen LogP contribution in [0.4, 0.5) is 0 Å². The minimum absolute atomic E-state index is 0.0116. The van der Waals surface area contributed by atoms with Crippen LogP contribution >= 0.6 is 15.9 Å². The number of ether oxygens (including phenoxy) is 1. The molecule has 0 unspecified atom stereocenters. The van der Waals surface area contributed by atoms with Crippen molar-refractivity contribution in [2.24, 2.45) is 0 Å². The van der Waals surface area contributed by atoms with Crippen molar-refractivity contribution in [3.05, 3.63) is 40.9 Å². The van der Waals surface area contributed by atoms with E-state index in [1.807, 2.05) is 19.1 Å². The largest absolute Gasteiger partial charge is 0.497 e. The third-order valence-corrected chi connectivity index (χ3v) is 3.23. The fraction of sp³-hybridized carbons (Fsp3) is 0.357. The van der Waals surface area contributed by atoms with E-state index >= 15 is 0 Å². The molecule has 1 rings (SSSR count). The second-order valence-corrected chi connectivity index (χ2v) is 4.74. The van der Waals surface area contributed by atoms with Gasteiger partial charge in [-0.2, -0.15) is 0 Å². The number of nitrogens with zero attached hydrogens (tertiary/aromatic N) is 1. The molecule has 1 aromatic carbocycles. The first kappa shape index (κ1) is 14.8. The van der Waals surface area contributed by atoms with E-state index in [9.17, 15) is 4.79 Å². The van der Waals surface area contributed by atoms with E-state index in [-0.39, 0.29) is 5.91 Å². The predicted octanol–water partition coefficient (Wildman–Crippen LogP) is 3.50. The van der Waals surface area contributed by atoms with Crippen molar-refractivity contribution in [2.75, 3.05) is 20.2 Å². The molecule has 0 aromatic heterocycles. The minimum atomic E-state index is -0.0116. The van der Waals surface area contributed by atoms with Crippen LogP contribution in [0.3, 0.4) is 0 Å². The molecule has 4 heteroatoms. The van der Waals surface area contributed by atoms with Gasteiger partial charge in [-0.1, -0.05) is 13.0 Å². The highest BCUT2D eigenvalue weighted by Gasteiger charge is 2.17. The minimum Gasteiger partial charge on any atom is -0.497 e. The van der Waals surface area contributed by atoms with E-state index in [4.69, 9.17) is 4.74 Å². The molecule has 0 atom stereocenters. The monoisotopic (exact) mass is 311 g/mol. The molecule has 0 N–H and O–H groups in total. The highest BCUT2D eigenvalue weighted by molar-refractivity contribution is 9.10. The molecule has 0 heterocycles. The summed E-state index contributed by atoms with van der Waals surface area (Å²) in [5.74, 6) is 0.666. The van der Waals surface area contributed by atoms with E-state index in [0.29, 0.717) is 24.4 Å². The molecule has 0 fully saturated rings.